The van der Waals surface area contributed by atoms with Gasteiger partial charge in [-0.1, -0.05) is 47.0 Å². The van der Waals surface area contributed by atoms with Crippen LogP contribution in [-0.2, 0) is 4.79 Å². The van der Waals surface area contributed by atoms with E-state index in [2.05, 4.69) is 69.0 Å². The molecule has 1 N–H and O–H groups in total. The Balaban J connectivity index is 2.22. The lowest BCUT2D eigenvalue weighted by molar-refractivity contribution is -0.115. The number of aryl methyl sites for hydroxylation is 2. The number of hydrogen-bond acceptors (Lipinski definition) is 3. The van der Waals surface area contributed by atoms with Crippen molar-refractivity contribution < 1.29 is 4.79 Å². The van der Waals surface area contributed by atoms with Crippen LogP contribution in [0.5, 0.6) is 0 Å². The average molecular weight is 434 g/mol. The number of carbonyl (C=O) groups is 1. The second-order valence-electron chi connectivity index (χ2n) is 5.10. The van der Waals surface area contributed by atoms with Gasteiger partial charge in [-0.25, -0.2) is 4.98 Å². The maximum absolute atomic E-state index is 12.1. The van der Waals surface area contributed by atoms with Crippen molar-refractivity contribution >= 4 is 64.5 Å². The second kappa shape index (κ2) is 7.20. The van der Waals surface area contributed by atoms with E-state index in [0.717, 1.165) is 34.0 Å². The van der Waals surface area contributed by atoms with Crippen LogP contribution in [0.25, 0.3) is 10.2 Å². The minimum absolute atomic E-state index is 0.0204. The number of anilines is 1. The van der Waals surface area contributed by atoms with Gasteiger partial charge in [-0.15, -0.1) is 0 Å². The number of carbonyl (C=O) groups excluding carboxylic acids is 1. The Morgan fingerprint density at radius 2 is 2.19 bits per heavy atom. The summed E-state index contributed by atoms with van der Waals surface area (Å²) in [6, 6.07) is 2.07. The van der Waals surface area contributed by atoms with Gasteiger partial charge in [-0.2, -0.15) is 0 Å². The zero-order valence-corrected chi connectivity index (χ0v) is 16.3. The predicted molar refractivity (Wildman–Crippen MR) is 97.7 cm³/mol. The van der Waals surface area contributed by atoms with Crippen LogP contribution in [0.4, 0.5) is 5.13 Å². The normalized spacial score (nSPS) is 12.6. The van der Waals surface area contributed by atoms with Crippen LogP contribution in [0.1, 0.15) is 37.3 Å². The third-order valence-electron chi connectivity index (χ3n) is 3.45. The molecule has 114 valence electrons. The first-order chi connectivity index (χ1) is 9.93. The summed E-state index contributed by atoms with van der Waals surface area (Å²) in [6.45, 7) is 6.28. The summed E-state index contributed by atoms with van der Waals surface area (Å²) in [4.78, 5) is 16.5. The van der Waals surface area contributed by atoms with Gasteiger partial charge < -0.3 is 5.32 Å². The summed E-state index contributed by atoms with van der Waals surface area (Å²) in [6.07, 6.45) is 2.96. The number of halogens is 2. The molecule has 21 heavy (non-hydrogen) atoms. The molecule has 1 aromatic heterocycles. The van der Waals surface area contributed by atoms with E-state index < -0.39 is 0 Å². The number of alkyl halides is 1. The van der Waals surface area contributed by atoms with Crippen molar-refractivity contribution in [2.24, 2.45) is 0 Å². The van der Waals surface area contributed by atoms with Gasteiger partial charge in [0.2, 0.25) is 5.91 Å². The topological polar surface area (TPSA) is 42.0 Å². The monoisotopic (exact) mass is 432 g/mol. The van der Waals surface area contributed by atoms with Gasteiger partial charge in [-0.3, -0.25) is 4.79 Å². The van der Waals surface area contributed by atoms with E-state index in [0.29, 0.717) is 5.13 Å². The Kier molecular flexibility index (Phi) is 5.80. The second-order valence-corrected chi connectivity index (χ2v) is 8.05. The minimum Gasteiger partial charge on any atom is -0.301 e. The highest BCUT2D eigenvalue weighted by Gasteiger charge is 2.17. The fraction of sp³-hybridized carbons (Fsp3) is 0.467. The van der Waals surface area contributed by atoms with Crippen molar-refractivity contribution in [3.63, 3.8) is 0 Å². The molecule has 1 aromatic carbocycles. The minimum atomic E-state index is -0.157. The lowest BCUT2D eigenvalue weighted by atomic mass is 10.1. The maximum atomic E-state index is 12.1. The zero-order chi connectivity index (χ0) is 15.6. The predicted octanol–water partition coefficient (Wildman–Crippen LogP) is 5.57. The summed E-state index contributed by atoms with van der Waals surface area (Å²) in [5.74, 6) is -0.0204. The van der Waals surface area contributed by atoms with Gasteiger partial charge in [0, 0.05) is 4.47 Å². The molecule has 0 aliphatic rings. The molecule has 2 rings (SSSR count). The molecule has 6 heteroatoms. The molecule has 0 aliphatic carbocycles. The largest absolute Gasteiger partial charge is 0.301 e. The van der Waals surface area contributed by atoms with Crippen molar-refractivity contribution in [1.82, 2.24) is 4.98 Å². The van der Waals surface area contributed by atoms with Crippen LogP contribution in [0.2, 0.25) is 0 Å². The molecule has 0 aliphatic heterocycles. The van der Waals surface area contributed by atoms with Crippen LogP contribution in [-0.4, -0.2) is 15.7 Å². The number of unbranched alkanes of at least 4 members (excludes halogenated alkanes) is 1. The highest BCUT2D eigenvalue weighted by Crippen LogP contribution is 2.35. The maximum Gasteiger partial charge on any atom is 0.239 e. The van der Waals surface area contributed by atoms with Crippen LogP contribution < -0.4 is 5.32 Å². The van der Waals surface area contributed by atoms with Crippen LogP contribution in [0.15, 0.2) is 10.5 Å². The molecule has 1 amide bonds. The van der Waals surface area contributed by atoms with Crippen molar-refractivity contribution in [2.45, 2.75) is 44.9 Å². The van der Waals surface area contributed by atoms with Crippen LogP contribution >= 0.6 is 43.2 Å². The summed E-state index contributed by atoms with van der Waals surface area (Å²) >= 11 is 8.52. The molecule has 0 bridgehead atoms. The Morgan fingerprint density at radius 1 is 1.48 bits per heavy atom. The Labute approximate surface area is 145 Å². The van der Waals surface area contributed by atoms with E-state index in [1.165, 1.54) is 22.5 Å². The lowest BCUT2D eigenvalue weighted by Gasteiger charge is -2.07. The van der Waals surface area contributed by atoms with Crippen LogP contribution in [0.3, 0.4) is 0 Å². The number of hydrogen-bond donors (Lipinski definition) is 1. The van der Waals surface area contributed by atoms with Crippen LogP contribution in [0, 0.1) is 13.8 Å². The molecule has 0 fully saturated rings. The first-order valence-corrected chi connectivity index (χ1v) is 9.47. The number of nitrogens with zero attached hydrogens (tertiary/aromatic N) is 1. The third-order valence-corrected chi connectivity index (χ3v) is 6.02. The van der Waals surface area contributed by atoms with Crippen molar-refractivity contribution in [3.8, 4) is 0 Å². The summed E-state index contributed by atoms with van der Waals surface area (Å²) in [5, 5.41) is 3.57. The first-order valence-electron chi connectivity index (χ1n) is 6.95. The molecule has 0 saturated heterocycles. The number of rotatable bonds is 5. The summed E-state index contributed by atoms with van der Waals surface area (Å²) < 4.78 is 2.09. The first kappa shape index (κ1) is 16.9. The molecular weight excluding hydrogens is 416 g/mol. The molecule has 0 radical (unpaired) electrons. The van der Waals surface area contributed by atoms with Gasteiger partial charge in [-0.05, 0) is 53.4 Å². The number of thiazole rings is 1. The number of nitrogens with one attached hydrogen (secondary N) is 1. The van der Waals surface area contributed by atoms with E-state index in [4.69, 9.17) is 0 Å². The number of amides is 1. The Bertz CT molecular complexity index is 669. The van der Waals surface area contributed by atoms with Gasteiger partial charge in [0.25, 0.3) is 0 Å². The van der Waals surface area contributed by atoms with E-state index in [9.17, 15) is 4.79 Å². The summed E-state index contributed by atoms with van der Waals surface area (Å²) in [5.41, 5.74) is 3.35. The highest BCUT2D eigenvalue weighted by atomic mass is 79.9. The fourth-order valence-electron chi connectivity index (χ4n) is 2.03. The number of benzene rings is 1. The highest BCUT2D eigenvalue weighted by molar-refractivity contribution is 9.10. The molecule has 3 nitrogen and oxygen atoms in total. The Hall–Kier alpha value is -0.460. The quantitative estimate of drug-likeness (QED) is 0.626. The molecule has 2 aromatic rings. The lowest BCUT2D eigenvalue weighted by Crippen LogP contribution is -2.22. The summed E-state index contributed by atoms with van der Waals surface area (Å²) in [7, 11) is 0. The van der Waals surface area contributed by atoms with E-state index >= 15 is 0 Å². The standard InChI is InChI=1S/C15H18Br2N2OS/c1-4-5-6-10(16)14(20)19-15-18-12-11(17)7-8(2)9(3)13(12)21-15/h7,10H,4-6H2,1-3H3,(H,18,19,20)/t10-/m0/s1. The smallest absolute Gasteiger partial charge is 0.239 e. The van der Waals surface area contributed by atoms with E-state index in [1.54, 1.807) is 0 Å². The SMILES string of the molecule is CCCC[C@H](Br)C(=O)Nc1nc2c(Br)cc(C)c(C)c2s1. The average Bonchev–Trinajstić information content (AvgIpc) is 2.86. The Morgan fingerprint density at radius 3 is 2.86 bits per heavy atom. The van der Waals surface area contributed by atoms with E-state index in [-0.39, 0.29) is 10.7 Å². The van der Waals surface area contributed by atoms with Gasteiger partial charge >= 0.3 is 0 Å². The van der Waals surface area contributed by atoms with Gasteiger partial charge in [0.1, 0.15) is 0 Å². The van der Waals surface area contributed by atoms with Gasteiger partial charge in [0.15, 0.2) is 5.13 Å². The van der Waals surface area contributed by atoms with Crippen molar-refractivity contribution in [2.75, 3.05) is 5.32 Å². The number of aromatic nitrogens is 1. The fourth-order valence-corrected chi connectivity index (χ4v) is 4.28. The molecule has 1 heterocycles. The third kappa shape index (κ3) is 3.85. The molecule has 0 spiro atoms. The van der Waals surface area contributed by atoms with Gasteiger partial charge in [0.05, 0.1) is 15.0 Å². The molecule has 1 atom stereocenters. The number of fused-ring (bicyclic) bond motifs is 1. The van der Waals surface area contributed by atoms with Crippen molar-refractivity contribution in [1.29, 1.82) is 0 Å². The zero-order valence-electron chi connectivity index (χ0n) is 12.3. The van der Waals surface area contributed by atoms with Crippen molar-refractivity contribution in [3.05, 3.63) is 21.7 Å². The molecule has 0 unspecified atom stereocenters. The molecular formula is C15H18Br2N2OS. The molecule has 0 saturated carbocycles. The van der Waals surface area contributed by atoms with E-state index in [1.807, 2.05) is 0 Å².